The molecule has 0 aliphatic heterocycles. The Morgan fingerprint density at radius 1 is 1.09 bits per heavy atom. The molecule has 32 heavy (non-hydrogen) atoms. The predicted molar refractivity (Wildman–Crippen MR) is 125 cm³/mol. The van der Waals surface area contributed by atoms with Gasteiger partial charge in [-0.15, -0.1) is 0 Å². The van der Waals surface area contributed by atoms with Crippen LogP contribution in [0.2, 0.25) is 0 Å². The molecule has 1 saturated carbocycles. The first-order valence-corrected chi connectivity index (χ1v) is 12.7. The van der Waals surface area contributed by atoms with Gasteiger partial charge in [-0.25, -0.2) is 13.1 Å². The van der Waals surface area contributed by atoms with Gasteiger partial charge in [-0.2, -0.15) is 5.26 Å². The van der Waals surface area contributed by atoms with Gasteiger partial charge in [-0.1, -0.05) is 61.7 Å². The van der Waals surface area contributed by atoms with E-state index < -0.39 is 21.6 Å². The van der Waals surface area contributed by atoms with Crippen molar-refractivity contribution in [3.8, 4) is 17.2 Å². The van der Waals surface area contributed by atoms with Crippen LogP contribution in [0.1, 0.15) is 43.2 Å². The topological polar surface area (TPSA) is 125 Å². The molecule has 4 N–H and O–H groups in total. The summed E-state index contributed by atoms with van der Waals surface area (Å²) >= 11 is 0. The van der Waals surface area contributed by atoms with E-state index in [9.17, 15) is 18.5 Å². The van der Waals surface area contributed by atoms with Gasteiger partial charge in [0.1, 0.15) is 6.04 Å². The van der Waals surface area contributed by atoms with E-state index in [0.29, 0.717) is 19.3 Å². The highest BCUT2D eigenvalue weighted by Gasteiger charge is 2.36. The molecule has 0 aromatic heterocycles. The highest BCUT2D eigenvalue weighted by molar-refractivity contribution is 7.88. The zero-order valence-electron chi connectivity index (χ0n) is 18.3. The molecule has 1 atom stereocenters. The number of benzene rings is 2. The summed E-state index contributed by atoms with van der Waals surface area (Å²) in [5.41, 5.74) is 9.16. The van der Waals surface area contributed by atoms with Crippen molar-refractivity contribution in [1.29, 1.82) is 5.26 Å². The molecule has 0 heterocycles. The third kappa shape index (κ3) is 6.63. The summed E-state index contributed by atoms with van der Waals surface area (Å²) in [6, 6.07) is 17.0. The zero-order valence-corrected chi connectivity index (χ0v) is 19.1. The number of carbonyl (C=O) groups is 1. The van der Waals surface area contributed by atoms with Gasteiger partial charge in [0, 0.05) is 13.0 Å². The van der Waals surface area contributed by atoms with Crippen LogP contribution < -0.4 is 15.8 Å². The van der Waals surface area contributed by atoms with Crippen molar-refractivity contribution in [2.24, 2.45) is 5.73 Å². The number of hydrogen-bond donors (Lipinski definition) is 3. The van der Waals surface area contributed by atoms with E-state index >= 15 is 0 Å². The average molecular weight is 455 g/mol. The quantitative estimate of drug-likeness (QED) is 0.565. The second-order valence-corrected chi connectivity index (χ2v) is 10.4. The normalized spacial score (nSPS) is 16.7. The van der Waals surface area contributed by atoms with Gasteiger partial charge < -0.3 is 11.1 Å². The van der Waals surface area contributed by atoms with Crippen LogP contribution in [-0.2, 0) is 27.8 Å². The van der Waals surface area contributed by atoms with E-state index in [0.717, 1.165) is 47.8 Å². The Bertz CT molecular complexity index is 1080. The largest absolute Gasteiger partial charge is 0.338 e. The fourth-order valence-corrected chi connectivity index (χ4v) is 4.41. The van der Waals surface area contributed by atoms with E-state index in [2.05, 4.69) is 16.1 Å². The number of nitrogens with one attached hydrogen (secondary N) is 2. The maximum absolute atomic E-state index is 12.6. The van der Waals surface area contributed by atoms with Crippen LogP contribution in [-0.4, -0.2) is 32.2 Å². The molecule has 7 nitrogen and oxygen atoms in total. The summed E-state index contributed by atoms with van der Waals surface area (Å²) in [6.45, 7) is 0.233. The first kappa shape index (κ1) is 23.9. The van der Waals surface area contributed by atoms with Crippen LogP contribution >= 0.6 is 0 Å². The SMILES string of the molecule is CS(=O)(=O)NCc1cccc(-c2ccc(C[C@@H](C#N)NC(=O)C3(N)CCCCC3)cc2)c1. The molecular formula is C24H30N4O3S. The van der Waals surface area contributed by atoms with E-state index in [1.54, 1.807) is 0 Å². The third-order valence-electron chi connectivity index (χ3n) is 5.85. The van der Waals surface area contributed by atoms with Gasteiger partial charge in [-0.3, -0.25) is 4.79 Å². The van der Waals surface area contributed by atoms with Crippen molar-refractivity contribution in [3.63, 3.8) is 0 Å². The fourth-order valence-electron chi connectivity index (χ4n) is 3.98. The molecule has 0 bridgehead atoms. The van der Waals surface area contributed by atoms with E-state index in [1.807, 2.05) is 48.5 Å². The fraction of sp³-hybridized carbons (Fsp3) is 0.417. The lowest BCUT2D eigenvalue weighted by atomic mass is 9.81. The van der Waals surface area contributed by atoms with Crippen LogP contribution in [0.25, 0.3) is 11.1 Å². The van der Waals surface area contributed by atoms with Crippen molar-refractivity contribution in [1.82, 2.24) is 10.0 Å². The van der Waals surface area contributed by atoms with Crippen LogP contribution in [0, 0.1) is 11.3 Å². The number of nitrogens with two attached hydrogens (primary N) is 1. The molecule has 3 rings (SSSR count). The minimum Gasteiger partial charge on any atom is -0.338 e. The van der Waals surface area contributed by atoms with Crippen molar-refractivity contribution < 1.29 is 13.2 Å². The number of rotatable bonds is 8. The van der Waals surface area contributed by atoms with Crippen molar-refractivity contribution >= 4 is 15.9 Å². The monoisotopic (exact) mass is 454 g/mol. The highest BCUT2D eigenvalue weighted by Crippen LogP contribution is 2.26. The minimum absolute atomic E-state index is 0.233. The first-order chi connectivity index (χ1) is 15.2. The molecular weight excluding hydrogens is 424 g/mol. The second kappa shape index (κ2) is 10.3. The van der Waals surface area contributed by atoms with Gasteiger partial charge in [0.15, 0.2) is 0 Å². The van der Waals surface area contributed by atoms with Gasteiger partial charge in [0.2, 0.25) is 15.9 Å². The molecule has 2 aromatic rings. The maximum Gasteiger partial charge on any atom is 0.241 e. The molecule has 0 radical (unpaired) electrons. The minimum atomic E-state index is -3.25. The smallest absolute Gasteiger partial charge is 0.241 e. The predicted octanol–water partition coefficient (Wildman–Crippen LogP) is 2.62. The summed E-state index contributed by atoms with van der Waals surface area (Å²) < 4.78 is 25.1. The lowest BCUT2D eigenvalue weighted by Crippen LogP contribution is -2.57. The molecule has 170 valence electrons. The second-order valence-electron chi connectivity index (χ2n) is 8.57. The summed E-state index contributed by atoms with van der Waals surface area (Å²) in [5.74, 6) is -0.236. The number of amides is 1. The van der Waals surface area contributed by atoms with E-state index in [1.165, 1.54) is 0 Å². The highest BCUT2D eigenvalue weighted by atomic mass is 32.2. The Labute approximate surface area is 190 Å². The maximum atomic E-state index is 12.6. The molecule has 1 fully saturated rings. The first-order valence-electron chi connectivity index (χ1n) is 10.8. The summed E-state index contributed by atoms with van der Waals surface area (Å²) in [7, 11) is -3.25. The van der Waals surface area contributed by atoms with Gasteiger partial charge in [0.25, 0.3) is 0 Å². The van der Waals surface area contributed by atoms with Crippen LogP contribution in [0.4, 0.5) is 0 Å². The van der Waals surface area contributed by atoms with Crippen LogP contribution in [0.15, 0.2) is 48.5 Å². The molecule has 1 aliphatic rings. The molecule has 0 spiro atoms. The number of nitriles is 1. The van der Waals surface area contributed by atoms with Crippen molar-refractivity contribution in [2.75, 3.05) is 6.26 Å². The standard InChI is InChI=1S/C24H30N4O3S/c1-32(30,31)27-17-19-6-5-7-21(14-19)20-10-8-18(9-11-20)15-22(16-25)28-23(29)24(26)12-3-2-4-13-24/h5-11,14,22,27H,2-4,12-13,15,17,26H2,1H3,(H,28,29)/t22-/m0/s1. The Morgan fingerprint density at radius 3 is 2.41 bits per heavy atom. The van der Waals surface area contributed by atoms with Crippen molar-refractivity contribution in [3.05, 3.63) is 59.7 Å². The van der Waals surface area contributed by atoms with Crippen LogP contribution in [0.5, 0.6) is 0 Å². The lowest BCUT2D eigenvalue weighted by Gasteiger charge is -2.32. The molecule has 0 saturated heterocycles. The summed E-state index contributed by atoms with van der Waals surface area (Å²) in [6.07, 6.45) is 5.82. The van der Waals surface area contributed by atoms with Gasteiger partial charge in [-0.05, 0) is 41.2 Å². The molecule has 1 aliphatic carbocycles. The van der Waals surface area contributed by atoms with Gasteiger partial charge >= 0.3 is 0 Å². The Balaban J connectivity index is 1.63. The Kier molecular flexibility index (Phi) is 7.67. The number of carbonyl (C=O) groups excluding carboxylic acids is 1. The van der Waals surface area contributed by atoms with Gasteiger partial charge in [0.05, 0.1) is 17.9 Å². The average Bonchev–Trinajstić information content (AvgIpc) is 2.78. The van der Waals surface area contributed by atoms with Crippen LogP contribution in [0.3, 0.4) is 0 Å². The Morgan fingerprint density at radius 2 is 1.78 bits per heavy atom. The molecule has 1 amide bonds. The number of nitrogens with zero attached hydrogens (tertiary/aromatic N) is 1. The molecule has 2 aromatic carbocycles. The van der Waals surface area contributed by atoms with E-state index in [4.69, 9.17) is 5.73 Å². The Hall–Kier alpha value is -2.73. The zero-order chi connectivity index (χ0) is 23.2. The summed E-state index contributed by atoms with van der Waals surface area (Å²) in [5, 5.41) is 12.4. The number of hydrogen-bond acceptors (Lipinski definition) is 5. The summed E-state index contributed by atoms with van der Waals surface area (Å²) in [4.78, 5) is 12.6. The third-order valence-corrected chi connectivity index (χ3v) is 6.52. The molecule has 0 unspecified atom stereocenters. The lowest BCUT2D eigenvalue weighted by molar-refractivity contribution is -0.127. The molecule has 8 heteroatoms. The van der Waals surface area contributed by atoms with Crippen molar-refractivity contribution in [2.45, 2.75) is 56.7 Å². The van der Waals surface area contributed by atoms with E-state index in [-0.39, 0.29) is 12.5 Å². The number of sulfonamides is 1.